The Balaban J connectivity index is 2.39. The van der Waals surface area contributed by atoms with Gasteiger partial charge in [0, 0.05) is 31.7 Å². The number of nitrogens with zero attached hydrogens (tertiary/aromatic N) is 1. The quantitative estimate of drug-likeness (QED) is 0.697. The summed E-state index contributed by atoms with van der Waals surface area (Å²) in [4.78, 5) is 2.38. The van der Waals surface area contributed by atoms with Crippen molar-refractivity contribution in [2.45, 2.75) is 33.1 Å². The lowest BCUT2D eigenvalue weighted by molar-refractivity contribution is 0.0865. The Labute approximate surface area is 93.1 Å². The van der Waals surface area contributed by atoms with Crippen LogP contribution < -0.4 is 0 Å². The van der Waals surface area contributed by atoms with Crippen molar-refractivity contribution in [2.75, 3.05) is 32.8 Å². The molecule has 3 nitrogen and oxygen atoms in total. The number of likely N-dealkylation sites (tertiary alicyclic amines) is 1. The Morgan fingerprint density at radius 1 is 1.40 bits per heavy atom. The van der Waals surface area contributed by atoms with Gasteiger partial charge in [-0.15, -0.1) is 0 Å². The SMILES string of the molecule is CCCC(C)(CO)CN1CCC(CO)C1. The monoisotopic (exact) mass is 215 g/mol. The zero-order valence-electron chi connectivity index (χ0n) is 10.1. The summed E-state index contributed by atoms with van der Waals surface area (Å²) < 4.78 is 0. The molecule has 0 aromatic rings. The van der Waals surface area contributed by atoms with E-state index < -0.39 is 0 Å². The van der Waals surface area contributed by atoms with Gasteiger partial charge in [0.05, 0.1) is 0 Å². The summed E-state index contributed by atoms with van der Waals surface area (Å²) in [5, 5.41) is 18.5. The van der Waals surface area contributed by atoms with Crippen LogP contribution in [0.2, 0.25) is 0 Å². The van der Waals surface area contributed by atoms with Crippen LogP contribution in [0.5, 0.6) is 0 Å². The van der Waals surface area contributed by atoms with Crippen molar-refractivity contribution in [3.63, 3.8) is 0 Å². The predicted octanol–water partition coefficient (Wildman–Crippen LogP) is 1.10. The van der Waals surface area contributed by atoms with E-state index in [2.05, 4.69) is 18.7 Å². The van der Waals surface area contributed by atoms with Crippen molar-refractivity contribution < 1.29 is 10.2 Å². The highest BCUT2D eigenvalue weighted by Crippen LogP contribution is 2.27. The van der Waals surface area contributed by atoms with Crippen LogP contribution in [-0.4, -0.2) is 48.0 Å². The molecule has 1 aliphatic heterocycles. The molecule has 15 heavy (non-hydrogen) atoms. The minimum absolute atomic E-state index is 0.0408. The second kappa shape index (κ2) is 5.83. The highest BCUT2D eigenvalue weighted by Gasteiger charge is 2.29. The zero-order valence-corrected chi connectivity index (χ0v) is 10.1. The number of rotatable bonds is 6. The number of aliphatic hydroxyl groups is 2. The molecule has 0 aliphatic carbocycles. The molecule has 0 radical (unpaired) electrons. The molecule has 0 saturated carbocycles. The van der Waals surface area contributed by atoms with Gasteiger partial charge in [-0.2, -0.15) is 0 Å². The van der Waals surface area contributed by atoms with Crippen molar-refractivity contribution >= 4 is 0 Å². The van der Waals surface area contributed by atoms with Crippen LogP contribution >= 0.6 is 0 Å². The van der Waals surface area contributed by atoms with Gasteiger partial charge >= 0.3 is 0 Å². The largest absolute Gasteiger partial charge is 0.396 e. The Hall–Kier alpha value is -0.120. The molecule has 2 atom stereocenters. The topological polar surface area (TPSA) is 43.7 Å². The summed E-state index contributed by atoms with van der Waals surface area (Å²) in [5.74, 6) is 0.453. The Morgan fingerprint density at radius 3 is 2.60 bits per heavy atom. The fraction of sp³-hybridized carbons (Fsp3) is 1.00. The Kier molecular flexibility index (Phi) is 5.03. The first-order valence-electron chi connectivity index (χ1n) is 6.07. The van der Waals surface area contributed by atoms with Crippen LogP contribution in [0, 0.1) is 11.3 Å². The van der Waals surface area contributed by atoms with Crippen LogP contribution in [0.4, 0.5) is 0 Å². The van der Waals surface area contributed by atoms with Gasteiger partial charge in [-0.05, 0) is 25.3 Å². The van der Waals surface area contributed by atoms with Crippen LogP contribution in [0.15, 0.2) is 0 Å². The zero-order chi connectivity index (χ0) is 11.3. The molecule has 1 aliphatic rings. The molecule has 0 spiro atoms. The highest BCUT2D eigenvalue weighted by molar-refractivity contribution is 4.82. The molecule has 1 saturated heterocycles. The molecule has 0 amide bonds. The minimum Gasteiger partial charge on any atom is -0.396 e. The molecular formula is C12H25NO2. The average molecular weight is 215 g/mol. The van der Waals surface area contributed by atoms with Crippen molar-refractivity contribution in [3.8, 4) is 0 Å². The first kappa shape index (κ1) is 12.9. The van der Waals surface area contributed by atoms with E-state index in [4.69, 9.17) is 5.11 Å². The Bertz CT molecular complexity index is 186. The molecule has 2 unspecified atom stereocenters. The van der Waals surface area contributed by atoms with Crippen molar-refractivity contribution in [2.24, 2.45) is 11.3 Å². The van der Waals surface area contributed by atoms with Crippen LogP contribution in [0.3, 0.4) is 0 Å². The van der Waals surface area contributed by atoms with Crippen LogP contribution in [-0.2, 0) is 0 Å². The molecule has 3 heteroatoms. The second-order valence-corrected chi connectivity index (χ2v) is 5.29. The fourth-order valence-electron chi connectivity index (χ4n) is 2.56. The van der Waals surface area contributed by atoms with Gasteiger partial charge in [-0.3, -0.25) is 0 Å². The van der Waals surface area contributed by atoms with Crippen LogP contribution in [0.1, 0.15) is 33.1 Å². The van der Waals surface area contributed by atoms with E-state index in [9.17, 15) is 5.11 Å². The maximum Gasteiger partial charge on any atom is 0.0497 e. The van der Waals surface area contributed by atoms with E-state index in [0.717, 1.165) is 38.9 Å². The fourth-order valence-corrected chi connectivity index (χ4v) is 2.56. The number of hydrogen-bond donors (Lipinski definition) is 2. The third-order valence-electron chi connectivity index (χ3n) is 3.47. The summed E-state index contributed by atoms with van der Waals surface area (Å²) in [6.07, 6.45) is 3.29. The molecule has 2 N–H and O–H groups in total. The van der Waals surface area contributed by atoms with E-state index >= 15 is 0 Å². The number of hydrogen-bond acceptors (Lipinski definition) is 3. The maximum absolute atomic E-state index is 9.42. The van der Waals surface area contributed by atoms with Gasteiger partial charge < -0.3 is 15.1 Å². The summed E-state index contributed by atoms with van der Waals surface area (Å²) in [5.41, 5.74) is 0.0408. The molecule has 0 aromatic carbocycles. The third-order valence-corrected chi connectivity index (χ3v) is 3.47. The van der Waals surface area contributed by atoms with Gasteiger partial charge in [0.15, 0.2) is 0 Å². The van der Waals surface area contributed by atoms with E-state index in [0.29, 0.717) is 12.5 Å². The van der Waals surface area contributed by atoms with E-state index in [1.165, 1.54) is 0 Å². The summed E-state index contributed by atoms with van der Waals surface area (Å²) in [7, 11) is 0. The highest BCUT2D eigenvalue weighted by atomic mass is 16.3. The van der Waals surface area contributed by atoms with Gasteiger partial charge in [0.25, 0.3) is 0 Å². The number of aliphatic hydroxyl groups excluding tert-OH is 2. The van der Waals surface area contributed by atoms with E-state index in [1.807, 2.05) is 0 Å². The van der Waals surface area contributed by atoms with Crippen LogP contribution in [0.25, 0.3) is 0 Å². The van der Waals surface area contributed by atoms with Crippen molar-refractivity contribution in [1.82, 2.24) is 4.90 Å². The average Bonchev–Trinajstić information content (AvgIpc) is 2.66. The minimum atomic E-state index is 0.0408. The standard InChI is InChI=1S/C12H25NO2/c1-3-5-12(2,10-15)9-13-6-4-11(7-13)8-14/h11,14-15H,3-10H2,1-2H3. The molecule has 90 valence electrons. The maximum atomic E-state index is 9.42. The van der Waals surface area contributed by atoms with Gasteiger partial charge in [-0.1, -0.05) is 20.3 Å². The first-order chi connectivity index (χ1) is 7.13. The molecule has 1 fully saturated rings. The summed E-state index contributed by atoms with van der Waals surface area (Å²) in [6, 6.07) is 0. The lowest BCUT2D eigenvalue weighted by Gasteiger charge is -2.32. The molecule has 0 aromatic heterocycles. The molecule has 1 heterocycles. The normalized spacial score (nSPS) is 26.8. The summed E-state index contributed by atoms with van der Waals surface area (Å²) >= 11 is 0. The van der Waals surface area contributed by atoms with Crippen molar-refractivity contribution in [3.05, 3.63) is 0 Å². The van der Waals surface area contributed by atoms with Gasteiger partial charge in [0.1, 0.15) is 0 Å². The second-order valence-electron chi connectivity index (χ2n) is 5.29. The molecular weight excluding hydrogens is 190 g/mol. The van der Waals surface area contributed by atoms with E-state index in [-0.39, 0.29) is 12.0 Å². The lowest BCUT2D eigenvalue weighted by Crippen LogP contribution is -2.37. The lowest BCUT2D eigenvalue weighted by atomic mass is 9.86. The Morgan fingerprint density at radius 2 is 2.13 bits per heavy atom. The molecule has 0 bridgehead atoms. The molecule has 1 rings (SSSR count). The van der Waals surface area contributed by atoms with Gasteiger partial charge in [0.2, 0.25) is 0 Å². The third kappa shape index (κ3) is 3.74. The first-order valence-corrected chi connectivity index (χ1v) is 6.07. The smallest absolute Gasteiger partial charge is 0.0497 e. The van der Waals surface area contributed by atoms with Crippen molar-refractivity contribution in [1.29, 1.82) is 0 Å². The summed E-state index contributed by atoms with van der Waals surface area (Å²) in [6.45, 7) is 7.92. The predicted molar refractivity (Wildman–Crippen MR) is 61.7 cm³/mol. The van der Waals surface area contributed by atoms with Gasteiger partial charge in [-0.25, -0.2) is 0 Å². The van der Waals surface area contributed by atoms with E-state index in [1.54, 1.807) is 0 Å².